The Morgan fingerprint density at radius 1 is 1.57 bits per heavy atom. The van der Waals surface area contributed by atoms with Gasteiger partial charge >= 0.3 is 0 Å². The van der Waals surface area contributed by atoms with Gasteiger partial charge in [-0.3, -0.25) is 0 Å². The summed E-state index contributed by atoms with van der Waals surface area (Å²) in [6.45, 7) is 2.01. The third-order valence-electron chi connectivity index (χ3n) is 2.12. The van der Waals surface area contributed by atoms with Gasteiger partial charge in [0.15, 0.2) is 0 Å². The molecule has 0 saturated carbocycles. The molecule has 4 heteroatoms. The predicted molar refractivity (Wildman–Crippen MR) is 56.8 cm³/mol. The van der Waals surface area contributed by atoms with Crippen molar-refractivity contribution in [1.82, 2.24) is 4.98 Å². The first-order chi connectivity index (χ1) is 6.70. The second-order valence-electron chi connectivity index (χ2n) is 3.18. The van der Waals surface area contributed by atoms with Gasteiger partial charge in [-0.05, 0) is 24.6 Å². The molecule has 2 nitrogen and oxygen atoms in total. The summed E-state index contributed by atoms with van der Waals surface area (Å²) in [5, 5.41) is 0.883. The number of halogens is 1. The van der Waals surface area contributed by atoms with E-state index in [9.17, 15) is 4.39 Å². The number of nitrogens with zero attached hydrogens (tertiary/aromatic N) is 1. The highest BCUT2D eigenvalue weighted by molar-refractivity contribution is 7.18. The quantitative estimate of drug-likeness (QED) is 0.827. The Kier molecular flexibility index (Phi) is 2.48. The average Bonchev–Trinajstić information content (AvgIpc) is 2.59. The maximum absolute atomic E-state index is 12.9. The number of hydrogen-bond donors (Lipinski definition) is 1. The SMILES string of the molecule is CCC(N)c1nc2ccc(F)cc2s1. The van der Waals surface area contributed by atoms with Crippen LogP contribution in [0.5, 0.6) is 0 Å². The Morgan fingerprint density at radius 2 is 2.36 bits per heavy atom. The van der Waals surface area contributed by atoms with Crippen LogP contribution in [-0.2, 0) is 0 Å². The fraction of sp³-hybridized carbons (Fsp3) is 0.300. The third-order valence-corrected chi connectivity index (χ3v) is 3.27. The molecule has 0 fully saturated rings. The van der Waals surface area contributed by atoms with Crippen LogP contribution < -0.4 is 5.73 Å². The van der Waals surface area contributed by atoms with Gasteiger partial charge in [0, 0.05) is 0 Å². The van der Waals surface area contributed by atoms with Crippen molar-refractivity contribution in [2.45, 2.75) is 19.4 Å². The van der Waals surface area contributed by atoms with Crippen LogP contribution in [0.2, 0.25) is 0 Å². The largest absolute Gasteiger partial charge is 0.322 e. The molecule has 0 spiro atoms. The monoisotopic (exact) mass is 210 g/mol. The van der Waals surface area contributed by atoms with Crippen molar-refractivity contribution < 1.29 is 4.39 Å². The molecule has 1 aromatic carbocycles. The van der Waals surface area contributed by atoms with Crippen LogP contribution in [0.15, 0.2) is 18.2 Å². The van der Waals surface area contributed by atoms with Gasteiger partial charge in [-0.1, -0.05) is 6.92 Å². The van der Waals surface area contributed by atoms with Gasteiger partial charge in [-0.15, -0.1) is 11.3 Å². The molecule has 14 heavy (non-hydrogen) atoms. The van der Waals surface area contributed by atoms with E-state index in [4.69, 9.17) is 5.73 Å². The smallest absolute Gasteiger partial charge is 0.124 e. The summed E-state index contributed by atoms with van der Waals surface area (Å²) in [6, 6.07) is 4.57. The second kappa shape index (κ2) is 3.63. The Bertz CT molecular complexity index is 452. The zero-order valence-corrected chi connectivity index (χ0v) is 8.64. The molecule has 1 heterocycles. The van der Waals surface area contributed by atoms with Crippen molar-refractivity contribution in [2.75, 3.05) is 0 Å². The summed E-state index contributed by atoms with van der Waals surface area (Å²) in [5.74, 6) is -0.224. The third kappa shape index (κ3) is 1.63. The average molecular weight is 210 g/mol. The molecule has 1 aromatic heterocycles. The van der Waals surface area contributed by atoms with E-state index in [1.807, 2.05) is 6.92 Å². The highest BCUT2D eigenvalue weighted by Crippen LogP contribution is 2.27. The fourth-order valence-corrected chi connectivity index (χ4v) is 2.33. The minimum Gasteiger partial charge on any atom is -0.322 e. The van der Waals surface area contributed by atoms with Crippen LogP contribution in [0.25, 0.3) is 10.2 Å². The minimum absolute atomic E-state index is 0.0320. The molecule has 0 aliphatic heterocycles. The number of nitrogens with two attached hydrogens (primary N) is 1. The van der Waals surface area contributed by atoms with E-state index in [0.29, 0.717) is 0 Å². The van der Waals surface area contributed by atoms with Crippen LogP contribution >= 0.6 is 11.3 Å². The molecule has 1 unspecified atom stereocenters. The lowest BCUT2D eigenvalue weighted by atomic mass is 10.2. The number of thiazole rings is 1. The first kappa shape index (κ1) is 9.55. The molecule has 0 aliphatic carbocycles. The molecule has 1 atom stereocenters. The number of aromatic nitrogens is 1. The number of fused-ring (bicyclic) bond motifs is 1. The molecule has 0 bridgehead atoms. The molecular weight excluding hydrogens is 199 g/mol. The normalized spacial score (nSPS) is 13.4. The summed E-state index contributed by atoms with van der Waals surface area (Å²) in [4.78, 5) is 4.35. The topological polar surface area (TPSA) is 38.9 Å². The molecule has 0 radical (unpaired) electrons. The van der Waals surface area contributed by atoms with Gasteiger partial charge in [-0.2, -0.15) is 0 Å². The Labute approximate surface area is 85.6 Å². The highest BCUT2D eigenvalue weighted by Gasteiger charge is 2.10. The van der Waals surface area contributed by atoms with Gasteiger partial charge in [0.05, 0.1) is 16.3 Å². The molecule has 0 aliphatic rings. The first-order valence-corrected chi connectivity index (χ1v) is 5.34. The van der Waals surface area contributed by atoms with Crippen LogP contribution in [-0.4, -0.2) is 4.98 Å². The zero-order valence-electron chi connectivity index (χ0n) is 7.83. The summed E-state index contributed by atoms with van der Waals surface area (Å²) in [7, 11) is 0. The summed E-state index contributed by atoms with van der Waals surface area (Å²) >= 11 is 1.47. The molecule has 2 aromatic rings. The van der Waals surface area contributed by atoms with Gasteiger partial charge < -0.3 is 5.73 Å². The summed E-state index contributed by atoms with van der Waals surface area (Å²) < 4.78 is 13.7. The molecule has 0 amide bonds. The Balaban J connectivity index is 2.51. The Hall–Kier alpha value is -1.000. The number of rotatable bonds is 2. The fourth-order valence-electron chi connectivity index (χ4n) is 1.25. The number of hydrogen-bond acceptors (Lipinski definition) is 3. The van der Waals surface area contributed by atoms with Gasteiger partial charge in [0.1, 0.15) is 10.8 Å². The van der Waals surface area contributed by atoms with Gasteiger partial charge in [0.25, 0.3) is 0 Å². The molecule has 2 N–H and O–H groups in total. The summed E-state index contributed by atoms with van der Waals surface area (Å²) in [5.41, 5.74) is 6.68. The summed E-state index contributed by atoms with van der Waals surface area (Å²) in [6.07, 6.45) is 0.850. The van der Waals surface area contributed by atoms with Crippen molar-refractivity contribution in [2.24, 2.45) is 5.73 Å². The maximum Gasteiger partial charge on any atom is 0.124 e. The highest BCUT2D eigenvalue weighted by atomic mass is 32.1. The Morgan fingerprint density at radius 3 is 3.07 bits per heavy atom. The van der Waals surface area contributed by atoms with Crippen LogP contribution in [0.1, 0.15) is 24.4 Å². The van der Waals surface area contributed by atoms with Crippen molar-refractivity contribution in [3.63, 3.8) is 0 Å². The van der Waals surface area contributed by atoms with E-state index in [2.05, 4.69) is 4.98 Å². The van der Waals surface area contributed by atoms with Crippen molar-refractivity contribution >= 4 is 21.6 Å². The standard InChI is InChI=1S/C10H11FN2S/c1-2-7(12)10-13-8-4-3-6(11)5-9(8)14-10/h3-5,7H,2,12H2,1H3. The minimum atomic E-state index is -0.224. The molecular formula is C10H11FN2S. The van der Waals surface area contributed by atoms with E-state index in [-0.39, 0.29) is 11.9 Å². The lowest BCUT2D eigenvalue weighted by Gasteiger charge is -2.01. The zero-order chi connectivity index (χ0) is 10.1. The van der Waals surface area contributed by atoms with E-state index >= 15 is 0 Å². The van der Waals surface area contributed by atoms with Crippen LogP contribution in [0, 0.1) is 5.82 Å². The molecule has 0 saturated heterocycles. The van der Waals surface area contributed by atoms with E-state index in [0.717, 1.165) is 21.6 Å². The van der Waals surface area contributed by atoms with Gasteiger partial charge in [-0.25, -0.2) is 9.37 Å². The van der Waals surface area contributed by atoms with E-state index in [1.54, 1.807) is 6.07 Å². The first-order valence-electron chi connectivity index (χ1n) is 4.52. The maximum atomic E-state index is 12.9. The van der Waals surface area contributed by atoms with Crippen molar-refractivity contribution in [1.29, 1.82) is 0 Å². The van der Waals surface area contributed by atoms with E-state index in [1.165, 1.54) is 23.5 Å². The number of benzene rings is 1. The van der Waals surface area contributed by atoms with Crippen LogP contribution in [0.3, 0.4) is 0 Å². The van der Waals surface area contributed by atoms with Crippen molar-refractivity contribution in [3.05, 3.63) is 29.0 Å². The molecule has 74 valence electrons. The van der Waals surface area contributed by atoms with E-state index < -0.39 is 0 Å². The van der Waals surface area contributed by atoms with Crippen molar-refractivity contribution in [3.8, 4) is 0 Å². The predicted octanol–water partition coefficient (Wildman–Crippen LogP) is 2.85. The lowest BCUT2D eigenvalue weighted by molar-refractivity contribution is 0.630. The van der Waals surface area contributed by atoms with Crippen LogP contribution in [0.4, 0.5) is 4.39 Å². The second-order valence-corrected chi connectivity index (χ2v) is 4.24. The molecule has 2 rings (SSSR count). The lowest BCUT2D eigenvalue weighted by Crippen LogP contribution is -2.07. The van der Waals surface area contributed by atoms with Gasteiger partial charge in [0.2, 0.25) is 0 Å².